The van der Waals surface area contributed by atoms with Crippen LogP contribution in [0.1, 0.15) is 17.0 Å². The Morgan fingerprint density at radius 2 is 2.06 bits per heavy atom. The van der Waals surface area contributed by atoms with Gasteiger partial charge in [-0.2, -0.15) is 4.37 Å². The van der Waals surface area contributed by atoms with Crippen LogP contribution in [-0.4, -0.2) is 37.9 Å². The number of nitrogens with one attached hydrogen (secondary N) is 1. The summed E-state index contributed by atoms with van der Waals surface area (Å²) in [7, 11) is 0. The van der Waals surface area contributed by atoms with Gasteiger partial charge in [0.15, 0.2) is 0 Å². The molecule has 8 heteroatoms. The molecular weight excluding hydrogens is 408 g/mol. The van der Waals surface area contributed by atoms with Crippen molar-refractivity contribution in [2.75, 3.05) is 23.3 Å². The summed E-state index contributed by atoms with van der Waals surface area (Å²) in [5.41, 5.74) is 6.26. The number of fused-ring (bicyclic) bond motifs is 1. The lowest BCUT2D eigenvalue weighted by Gasteiger charge is -2.19. The number of hydrogen-bond donors (Lipinski definition) is 1. The average molecular weight is 431 g/mol. The molecule has 2 aromatic carbocycles. The Morgan fingerprint density at radius 3 is 2.84 bits per heavy atom. The molecule has 1 amide bonds. The third-order valence-corrected chi connectivity index (χ3v) is 6.38. The van der Waals surface area contributed by atoms with Crippen molar-refractivity contribution in [1.82, 2.24) is 18.9 Å². The summed E-state index contributed by atoms with van der Waals surface area (Å²) in [5.74, 6) is 0.825. The molecule has 0 saturated heterocycles. The second-order valence-electron chi connectivity index (χ2n) is 7.57. The quantitative estimate of drug-likeness (QED) is 0.518. The summed E-state index contributed by atoms with van der Waals surface area (Å²) in [6, 6.07) is 12.2. The fraction of sp³-hybridized carbons (Fsp3) is 0.217. The molecule has 4 aromatic rings. The van der Waals surface area contributed by atoms with E-state index in [0.29, 0.717) is 6.54 Å². The van der Waals surface area contributed by atoms with Crippen molar-refractivity contribution < 1.29 is 4.79 Å². The molecule has 0 spiro atoms. The van der Waals surface area contributed by atoms with Crippen LogP contribution in [0.15, 0.2) is 55.1 Å². The first-order valence-electron chi connectivity index (χ1n) is 10.2. The Bertz CT molecular complexity index is 1250. The Balaban J connectivity index is 1.33. The van der Waals surface area contributed by atoms with E-state index in [-0.39, 0.29) is 12.5 Å². The van der Waals surface area contributed by atoms with E-state index in [9.17, 15) is 4.79 Å². The normalized spacial score (nSPS) is 12.8. The number of rotatable bonds is 5. The molecule has 1 aliphatic rings. The number of carbonyl (C=O) groups excluding carboxylic acids is 1. The number of imidazole rings is 1. The van der Waals surface area contributed by atoms with Crippen molar-refractivity contribution in [1.29, 1.82) is 0 Å². The molecule has 1 aliphatic heterocycles. The zero-order valence-corrected chi connectivity index (χ0v) is 18.2. The molecule has 0 radical (unpaired) electrons. The summed E-state index contributed by atoms with van der Waals surface area (Å²) >= 11 is 1.38. The summed E-state index contributed by atoms with van der Waals surface area (Å²) < 4.78 is 6.26. The molecule has 0 atom stereocenters. The van der Waals surface area contributed by atoms with Gasteiger partial charge in [-0.1, -0.05) is 18.2 Å². The number of anilines is 2. The number of benzene rings is 2. The van der Waals surface area contributed by atoms with Crippen molar-refractivity contribution in [2.45, 2.75) is 20.3 Å². The van der Waals surface area contributed by atoms with Crippen molar-refractivity contribution in [3.05, 3.63) is 72.1 Å². The van der Waals surface area contributed by atoms with Gasteiger partial charge in [0.1, 0.15) is 10.8 Å². The van der Waals surface area contributed by atoms with Gasteiger partial charge in [-0.15, -0.1) is 0 Å². The maximum Gasteiger partial charge on any atom is 0.246 e. The van der Waals surface area contributed by atoms with E-state index in [1.165, 1.54) is 17.1 Å². The first-order valence-corrected chi connectivity index (χ1v) is 10.9. The summed E-state index contributed by atoms with van der Waals surface area (Å²) in [5, 5.41) is 4.21. The highest BCUT2D eigenvalue weighted by molar-refractivity contribution is 7.09. The van der Waals surface area contributed by atoms with Crippen molar-refractivity contribution in [3.8, 4) is 16.3 Å². The highest BCUT2D eigenvalue weighted by Gasteiger charge is 2.26. The fourth-order valence-corrected chi connectivity index (χ4v) is 4.61. The van der Waals surface area contributed by atoms with E-state index in [1.54, 1.807) is 12.5 Å². The lowest BCUT2D eigenvalue weighted by atomic mass is 10.1. The zero-order valence-electron chi connectivity index (χ0n) is 17.4. The summed E-state index contributed by atoms with van der Waals surface area (Å²) in [6.45, 7) is 4.83. The molecule has 0 aliphatic carbocycles. The lowest BCUT2D eigenvalue weighted by Crippen LogP contribution is -2.34. The molecule has 0 fully saturated rings. The van der Waals surface area contributed by atoms with E-state index in [0.717, 1.165) is 45.4 Å². The first-order chi connectivity index (χ1) is 15.1. The van der Waals surface area contributed by atoms with E-state index in [2.05, 4.69) is 25.7 Å². The van der Waals surface area contributed by atoms with E-state index >= 15 is 0 Å². The SMILES string of the molecule is Cc1nsc(-c2ccc(C)c(NCC(=O)N3CCc4c3cccc4-n3ccnc3)c2)n1. The minimum absolute atomic E-state index is 0.0538. The second-order valence-corrected chi connectivity index (χ2v) is 8.32. The molecule has 1 N–H and O–H groups in total. The standard InChI is InChI=1S/C23H22N6OS/c1-15-6-7-17(23-26-16(2)27-31-23)12-19(15)25-13-22(30)29-10-8-18-20(4-3-5-21(18)29)28-11-9-24-14-28/h3-7,9,11-12,14,25H,8,10,13H2,1-2H3. The first kappa shape index (κ1) is 19.4. The minimum atomic E-state index is 0.0538. The zero-order chi connectivity index (χ0) is 21.4. The Labute approximate surface area is 184 Å². The Hall–Kier alpha value is -3.52. The van der Waals surface area contributed by atoms with Crippen LogP contribution in [0.5, 0.6) is 0 Å². The molecule has 0 saturated carbocycles. The Morgan fingerprint density at radius 1 is 1.19 bits per heavy atom. The fourth-order valence-electron chi connectivity index (χ4n) is 3.94. The number of hydrogen-bond acceptors (Lipinski definition) is 6. The predicted molar refractivity (Wildman–Crippen MR) is 123 cm³/mol. The third-order valence-electron chi connectivity index (χ3n) is 5.53. The van der Waals surface area contributed by atoms with Gasteiger partial charge >= 0.3 is 0 Å². The molecule has 31 heavy (non-hydrogen) atoms. The van der Waals surface area contributed by atoms with Gasteiger partial charge in [0.05, 0.1) is 18.6 Å². The molecule has 0 unspecified atom stereocenters. The molecule has 5 rings (SSSR count). The average Bonchev–Trinajstić information content (AvgIpc) is 3.53. The molecule has 0 bridgehead atoms. The smallest absolute Gasteiger partial charge is 0.246 e. The summed E-state index contributed by atoms with van der Waals surface area (Å²) in [6.07, 6.45) is 6.31. The van der Waals surface area contributed by atoms with Gasteiger partial charge in [-0.25, -0.2) is 9.97 Å². The van der Waals surface area contributed by atoms with E-state index in [4.69, 9.17) is 0 Å². The summed E-state index contributed by atoms with van der Waals surface area (Å²) in [4.78, 5) is 23.6. The van der Waals surface area contributed by atoms with Gasteiger partial charge in [-0.3, -0.25) is 4.79 Å². The van der Waals surface area contributed by atoms with Crippen LogP contribution in [0.4, 0.5) is 11.4 Å². The van der Waals surface area contributed by atoms with E-state index in [1.807, 2.05) is 59.8 Å². The van der Waals surface area contributed by atoms with Crippen LogP contribution in [0.25, 0.3) is 16.3 Å². The largest absolute Gasteiger partial charge is 0.376 e. The molecule has 7 nitrogen and oxygen atoms in total. The van der Waals surface area contributed by atoms with Crippen LogP contribution in [0.3, 0.4) is 0 Å². The molecule has 2 aromatic heterocycles. The number of aromatic nitrogens is 4. The highest BCUT2D eigenvalue weighted by Crippen LogP contribution is 2.33. The number of nitrogens with zero attached hydrogens (tertiary/aromatic N) is 5. The number of aryl methyl sites for hydroxylation is 2. The van der Waals surface area contributed by atoms with Crippen molar-refractivity contribution in [2.24, 2.45) is 0 Å². The maximum absolute atomic E-state index is 13.1. The predicted octanol–water partition coefficient (Wildman–Crippen LogP) is 4.01. The van der Waals surface area contributed by atoms with Crippen LogP contribution in [-0.2, 0) is 11.2 Å². The Kier molecular flexibility index (Phi) is 4.99. The topological polar surface area (TPSA) is 75.9 Å². The number of amides is 1. The van der Waals surface area contributed by atoms with Gasteiger partial charge < -0.3 is 14.8 Å². The highest BCUT2D eigenvalue weighted by atomic mass is 32.1. The van der Waals surface area contributed by atoms with Crippen molar-refractivity contribution in [3.63, 3.8) is 0 Å². The minimum Gasteiger partial charge on any atom is -0.376 e. The lowest BCUT2D eigenvalue weighted by molar-refractivity contribution is -0.116. The monoisotopic (exact) mass is 430 g/mol. The van der Waals surface area contributed by atoms with Crippen LogP contribution < -0.4 is 10.2 Å². The molecular formula is C23H22N6OS. The van der Waals surface area contributed by atoms with Crippen molar-refractivity contribution >= 4 is 28.8 Å². The molecule has 3 heterocycles. The second kappa shape index (κ2) is 7.96. The van der Waals surface area contributed by atoms with Gasteiger partial charge in [0, 0.05) is 41.4 Å². The van der Waals surface area contributed by atoms with Crippen LogP contribution >= 0.6 is 11.5 Å². The number of carbonyl (C=O) groups is 1. The van der Waals surface area contributed by atoms with Gasteiger partial charge in [0.25, 0.3) is 0 Å². The van der Waals surface area contributed by atoms with Gasteiger partial charge in [-0.05, 0) is 55.6 Å². The third kappa shape index (κ3) is 3.70. The van der Waals surface area contributed by atoms with Crippen LogP contribution in [0.2, 0.25) is 0 Å². The molecule has 156 valence electrons. The van der Waals surface area contributed by atoms with E-state index < -0.39 is 0 Å². The maximum atomic E-state index is 13.1. The van der Waals surface area contributed by atoms with Gasteiger partial charge in [0.2, 0.25) is 5.91 Å². The van der Waals surface area contributed by atoms with Crippen LogP contribution in [0, 0.1) is 13.8 Å².